The van der Waals surface area contributed by atoms with E-state index in [1.54, 1.807) is 0 Å². The van der Waals surface area contributed by atoms with Gasteiger partial charge in [-0.25, -0.2) is 0 Å². The van der Waals surface area contributed by atoms with E-state index in [2.05, 4.69) is 0 Å². The van der Waals surface area contributed by atoms with Gasteiger partial charge in [0.05, 0.1) is 0 Å². The molecule has 31 valence electrons. The van der Waals surface area contributed by atoms with E-state index in [1.807, 2.05) is 24.6 Å². The van der Waals surface area contributed by atoms with Crippen molar-refractivity contribution in [2.24, 2.45) is 5.73 Å². The maximum Gasteiger partial charge on any atom is 0.0285 e. The van der Waals surface area contributed by atoms with E-state index in [9.17, 15) is 0 Å². The smallest absolute Gasteiger partial charge is 0.0285 e. The van der Waals surface area contributed by atoms with Gasteiger partial charge in [0.15, 0.2) is 0 Å². The highest BCUT2D eigenvalue weighted by Gasteiger charge is 1.87. The number of hydrogen-bond acceptors (Lipinski definition) is 1. The average molecular weight is 80.1 g/mol. The molecule has 1 radical (unpaired) electrons. The molecular weight excluding hydrogens is 74.1 g/mol. The Hall–Kier alpha value is -0.720. The molecular formula is C5H6N. The molecule has 0 saturated carbocycles. The fourth-order valence-electron chi connectivity index (χ4n) is 0.389. The second-order valence-electron chi connectivity index (χ2n) is 1.22. The molecule has 0 atom stereocenters. The molecule has 0 fully saturated rings. The van der Waals surface area contributed by atoms with Crippen LogP contribution < -0.4 is 5.73 Å². The first kappa shape index (κ1) is 3.47. The summed E-state index contributed by atoms with van der Waals surface area (Å²) in [5.74, 6) is 0. The highest BCUT2D eigenvalue weighted by atomic mass is 14.6. The first-order chi connectivity index (χ1) is 2.89. The molecule has 0 aromatic carbocycles. The highest BCUT2D eigenvalue weighted by Crippen LogP contribution is 1.99. The molecule has 1 aliphatic carbocycles. The maximum atomic E-state index is 5.28. The molecule has 1 nitrogen and oxygen atoms in total. The molecule has 0 spiro atoms. The third-order valence-corrected chi connectivity index (χ3v) is 0.688. The largest absolute Gasteiger partial charge is 0.402 e. The van der Waals surface area contributed by atoms with Gasteiger partial charge in [-0.05, 0) is 6.08 Å². The van der Waals surface area contributed by atoms with Crippen molar-refractivity contribution in [3.8, 4) is 0 Å². The summed E-state index contributed by atoms with van der Waals surface area (Å²) >= 11 is 0. The summed E-state index contributed by atoms with van der Waals surface area (Å²) < 4.78 is 0. The summed E-state index contributed by atoms with van der Waals surface area (Å²) in [5, 5.41) is 0. The lowest BCUT2D eigenvalue weighted by atomic mass is 10.4. The van der Waals surface area contributed by atoms with Crippen molar-refractivity contribution < 1.29 is 0 Å². The molecule has 1 rings (SSSR count). The summed E-state index contributed by atoms with van der Waals surface area (Å²) in [4.78, 5) is 0. The Morgan fingerprint density at radius 3 is 2.33 bits per heavy atom. The number of hydrogen-bond donors (Lipinski definition) is 1. The predicted molar refractivity (Wildman–Crippen MR) is 25.7 cm³/mol. The van der Waals surface area contributed by atoms with Gasteiger partial charge in [0, 0.05) is 12.1 Å². The first-order valence-corrected chi connectivity index (χ1v) is 1.87. The van der Waals surface area contributed by atoms with Gasteiger partial charge in [-0.3, -0.25) is 0 Å². The van der Waals surface area contributed by atoms with Gasteiger partial charge < -0.3 is 5.73 Å². The number of nitrogens with two attached hydrogens (primary N) is 1. The van der Waals surface area contributed by atoms with E-state index in [0.29, 0.717) is 0 Å². The van der Waals surface area contributed by atoms with Crippen LogP contribution in [0.25, 0.3) is 0 Å². The summed E-state index contributed by atoms with van der Waals surface area (Å²) in [7, 11) is 0. The zero-order chi connectivity index (χ0) is 4.41. The summed E-state index contributed by atoms with van der Waals surface area (Å²) in [6, 6.07) is 0. The summed E-state index contributed by atoms with van der Waals surface area (Å²) in [5.41, 5.74) is 6.12. The molecule has 1 aliphatic rings. The van der Waals surface area contributed by atoms with Crippen LogP contribution in [0, 0.1) is 6.42 Å². The number of allylic oxidation sites excluding steroid dienone is 3. The van der Waals surface area contributed by atoms with Crippen molar-refractivity contribution in [3.63, 3.8) is 0 Å². The van der Waals surface area contributed by atoms with E-state index >= 15 is 0 Å². The van der Waals surface area contributed by atoms with E-state index in [-0.39, 0.29) is 0 Å². The molecule has 0 aromatic rings. The zero-order valence-electron chi connectivity index (χ0n) is 3.39. The molecule has 0 aromatic heterocycles. The molecule has 2 N–H and O–H groups in total. The molecule has 1 heteroatoms. The molecule has 0 heterocycles. The van der Waals surface area contributed by atoms with Gasteiger partial charge in [-0.15, -0.1) is 0 Å². The van der Waals surface area contributed by atoms with Crippen LogP contribution in [-0.4, -0.2) is 0 Å². The Kier molecular flexibility index (Phi) is 0.675. The van der Waals surface area contributed by atoms with Gasteiger partial charge in [0.2, 0.25) is 0 Å². The van der Waals surface area contributed by atoms with Crippen molar-refractivity contribution in [2.75, 3.05) is 0 Å². The van der Waals surface area contributed by atoms with Crippen LogP contribution in [0.15, 0.2) is 23.9 Å². The van der Waals surface area contributed by atoms with Crippen molar-refractivity contribution in [3.05, 3.63) is 30.3 Å². The van der Waals surface area contributed by atoms with E-state index < -0.39 is 0 Å². The minimum absolute atomic E-state index is 0.843. The summed E-state index contributed by atoms with van der Waals surface area (Å²) in [6.07, 6.45) is 7.55. The minimum atomic E-state index is 0.843. The summed E-state index contributed by atoms with van der Waals surface area (Å²) in [6.45, 7) is 0. The third kappa shape index (κ3) is 0.432. The Morgan fingerprint density at radius 2 is 2.17 bits per heavy atom. The molecule has 0 aliphatic heterocycles. The lowest BCUT2D eigenvalue weighted by Crippen LogP contribution is -1.90. The molecule has 0 saturated heterocycles. The van der Waals surface area contributed by atoms with Gasteiger partial charge in [0.25, 0.3) is 0 Å². The van der Waals surface area contributed by atoms with E-state index in [1.165, 1.54) is 0 Å². The van der Waals surface area contributed by atoms with Crippen LogP contribution in [0.4, 0.5) is 0 Å². The van der Waals surface area contributed by atoms with Crippen LogP contribution in [0.2, 0.25) is 0 Å². The van der Waals surface area contributed by atoms with E-state index in [0.717, 1.165) is 5.70 Å². The topological polar surface area (TPSA) is 26.0 Å². The van der Waals surface area contributed by atoms with Crippen molar-refractivity contribution in [1.82, 2.24) is 0 Å². The van der Waals surface area contributed by atoms with Crippen LogP contribution in [-0.2, 0) is 0 Å². The van der Waals surface area contributed by atoms with Gasteiger partial charge in [0.1, 0.15) is 0 Å². The lowest BCUT2D eigenvalue weighted by molar-refractivity contribution is 1.39. The minimum Gasteiger partial charge on any atom is -0.402 e. The molecule has 0 unspecified atom stereocenters. The van der Waals surface area contributed by atoms with Crippen LogP contribution in [0.5, 0.6) is 0 Å². The SMILES string of the molecule is NC1=CC=C[CH]1. The monoisotopic (exact) mass is 80.1 g/mol. The Bertz CT molecular complexity index is 101. The van der Waals surface area contributed by atoms with Crippen LogP contribution >= 0.6 is 0 Å². The fourth-order valence-corrected chi connectivity index (χ4v) is 0.389. The predicted octanol–water partition coefficient (Wildman–Crippen LogP) is 0.603. The Morgan fingerprint density at radius 1 is 1.33 bits per heavy atom. The third-order valence-electron chi connectivity index (χ3n) is 0.688. The van der Waals surface area contributed by atoms with Crippen molar-refractivity contribution in [1.29, 1.82) is 0 Å². The van der Waals surface area contributed by atoms with Crippen LogP contribution in [0.3, 0.4) is 0 Å². The van der Waals surface area contributed by atoms with Gasteiger partial charge in [-0.1, -0.05) is 12.2 Å². The second-order valence-corrected chi connectivity index (χ2v) is 1.22. The lowest BCUT2D eigenvalue weighted by Gasteiger charge is -1.80. The van der Waals surface area contributed by atoms with Crippen molar-refractivity contribution >= 4 is 0 Å². The van der Waals surface area contributed by atoms with E-state index in [4.69, 9.17) is 5.73 Å². The fraction of sp³-hybridized carbons (Fsp3) is 0. The standard InChI is InChI=1S/C5H6N/c6-5-3-1-2-4-5/h1-4H,6H2. The second kappa shape index (κ2) is 1.17. The average Bonchev–Trinajstić information content (AvgIpc) is 1.86. The molecule has 6 heavy (non-hydrogen) atoms. The van der Waals surface area contributed by atoms with Gasteiger partial charge >= 0.3 is 0 Å². The number of rotatable bonds is 0. The Labute approximate surface area is 37.2 Å². The quantitative estimate of drug-likeness (QED) is 0.453. The normalized spacial score (nSPS) is 18.3. The molecule has 0 bridgehead atoms. The zero-order valence-corrected chi connectivity index (χ0v) is 3.39. The van der Waals surface area contributed by atoms with Crippen molar-refractivity contribution in [2.45, 2.75) is 0 Å². The highest BCUT2D eigenvalue weighted by molar-refractivity contribution is 5.30. The van der Waals surface area contributed by atoms with Gasteiger partial charge in [-0.2, -0.15) is 0 Å². The first-order valence-electron chi connectivity index (χ1n) is 1.87. The maximum absolute atomic E-state index is 5.28. The Balaban J connectivity index is 2.61. The molecule has 0 amide bonds. The van der Waals surface area contributed by atoms with Crippen LogP contribution in [0.1, 0.15) is 0 Å².